The summed E-state index contributed by atoms with van der Waals surface area (Å²) in [4.78, 5) is 12.0. The van der Waals surface area contributed by atoms with E-state index in [0.717, 1.165) is 22.2 Å². The third-order valence-electron chi connectivity index (χ3n) is 3.05. The van der Waals surface area contributed by atoms with Gasteiger partial charge in [0.15, 0.2) is 0 Å². The Morgan fingerprint density at radius 1 is 1.04 bits per heavy atom. The first-order valence-corrected chi connectivity index (χ1v) is 7.69. The fourth-order valence-corrected chi connectivity index (χ4v) is 3.02. The van der Waals surface area contributed by atoms with Crippen molar-refractivity contribution in [2.75, 3.05) is 10.6 Å². The molecule has 0 saturated heterocycles. The molecule has 0 aliphatic rings. The van der Waals surface area contributed by atoms with Gasteiger partial charge in [0, 0.05) is 27.2 Å². The number of nitrogens with one attached hydrogen (secondary N) is 2. The van der Waals surface area contributed by atoms with Crippen LogP contribution < -0.4 is 15.4 Å². The first kappa shape index (κ1) is 16.1. The number of halogens is 3. The van der Waals surface area contributed by atoms with E-state index in [1.54, 1.807) is 5.38 Å². The van der Waals surface area contributed by atoms with Crippen molar-refractivity contribution < 1.29 is 22.7 Å². The van der Waals surface area contributed by atoms with Crippen LogP contribution in [0.1, 0.15) is 0 Å². The number of anilines is 2. The van der Waals surface area contributed by atoms with Gasteiger partial charge >= 0.3 is 12.4 Å². The zero-order valence-electron chi connectivity index (χ0n) is 12.1. The molecule has 2 amide bonds. The van der Waals surface area contributed by atoms with E-state index in [9.17, 15) is 18.0 Å². The number of benzene rings is 2. The summed E-state index contributed by atoms with van der Waals surface area (Å²) in [5, 5.41) is 7.85. The van der Waals surface area contributed by atoms with Crippen LogP contribution in [-0.2, 0) is 0 Å². The number of ether oxygens (including phenoxy) is 1. The van der Waals surface area contributed by atoms with Gasteiger partial charge in [0.2, 0.25) is 0 Å². The van der Waals surface area contributed by atoms with E-state index >= 15 is 0 Å². The largest absolute Gasteiger partial charge is 0.573 e. The van der Waals surface area contributed by atoms with Crippen molar-refractivity contribution in [2.45, 2.75) is 6.36 Å². The van der Waals surface area contributed by atoms with Crippen LogP contribution in [0.2, 0.25) is 0 Å². The lowest BCUT2D eigenvalue weighted by molar-refractivity contribution is -0.274. The molecule has 2 N–H and O–H groups in total. The lowest BCUT2D eigenvalue weighted by Crippen LogP contribution is -2.20. The SMILES string of the molecule is O=C(Nc1cccc(OC(F)(F)F)c1)Nc1csc2ccccc12. The third kappa shape index (κ3) is 3.96. The van der Waals surface area contributed by atoms with Gasteiger partial charge < -0.3 is 15.4 Å². The molecule has 0 bridgehead atoms. The topological polar surface area (TPSA) is 50.4 Å². The van der Waals surface area contributed by atoms with Crippen molar-refractivity contribution in [3.63, 3.8) is 0 Å². The predicted octanol–water partition coefficient (Wildman–Crippen LogP) is 5.44. The van der Waals surface area contributed by atoms with Crippen molar-refractivity contribution >= 4 is 38.8 Å². The van der Waals surface area contributed by atoms with Gasteiger partial charge in [-0.05, 0) is 18.2 Å². The molecule has 124 valence electrons. The lowest BCUT2D eigenvalue weighted by atomic mass is 10.2. The highest BCUT2D eigenvalue weighted by atomic mass is 32.1. The smallest absolute Gasteiger partial charge is 0.406 e. The summed E-state index contributed by atoms with van der Waals surface area (Å²) in [6.45, 7) is 0. The highest BCUT2D eigenvalue weighted by molar-refractivity contribution is 7.17. The van der Waals surface area contributed by atoms with Gasteiger partial charge in [-0.25, -0.2) is 4.79 Å². The molecule has 0 aliphatic carbocycles. The number of thiophene rings is 1. The summed E-state index contributed by atoms with van der Waals surface area (Å²) in [6.07, 6.45) is -4.78. The summed E-state index contributed by atoms with van der Waals surface area (Å²) < 4.78 is 41.5. The van der Waals surface area contributed by atoms with Gasteiger partial charge in [-0.3, -0.25) is 0 Å². The van der Waals surface area contributed by atoms with E-state index in [4.69, 9.17) is 0 Å². The summed E-state index contributed by atoms with van der Waals surface area (Å²) in [5.41, 5.74) is 0.824. The Hall–Kier alpha value is -2.74. The van der Waals surface area contributed by atoms with E-state index in [1.807, 2.05) is 24.3 Å². The number of hydrogen-bond donors (Lipinski definition) is 2. The maximum atomic E-state index is 12.2. The Balaban J connectivity index is 1.70. The average Bonchev–Trinajstić information content (AvgIpc) is 2.89. The number of fused-ring (bicyclic) bond motifs is 1. The molecule has 1 heterocycles. The van der Waals surface area contributed by atoms with Crippen LogP contribution in [0.15, 0.2) is 53.9 Å². The first-order valence-electron chi connectivity index (χ1n) is 6.81. The number of amides is 2. The molecule has 1 aromatic heterocycles. The van der Waals surface area contributed by atoms with Gasteiger partial charge in [-0.1, -0.05) is 24.3 Å². The number of rotatable bonds is 3. The van der Waals surface area contributed by atoms with E-state index in [1.165, 1.54) is 23.5 Å². The average molecular weight is 352 g/mol. The standard InChI is InChI=1S/C16H11F3N2O2S/c17-16(18,19)23-11-5-3-4-10(8-11)20-15(22)21-13-9-24-14-7-2-1-6-12(13)14/h1-9H,(H2,20,21,22). The Kier molecular flexibility index (Phi) is 4.30. The zero-order valence-corrected chi connectivity index (χ0v) is 12.9. The van der Waals surface area contributed by atoms with E-state index in [-0.39, 0.29) is 5.69 Å². The van der Waals surface area contributed by atoms with Gasteiger partial charge in [0.05, 0.1) is 5.69 Å². The van der Waals surface area contributed by atoms with E-state index < -0.39 is 18.1 Å². The minimum Gasteiger partial charge on any atom is -0.406 e. The molecule has 0 radical (unpaired) electrons. The summed E-state index contributed by atoms with van der Waals surface area (Å²) in [5.74, 6) is -0.402. The molecule has 8 heteroatoms. The van der Waals surface area contributed by atoms with Crippen LogP contribution in [-0.4, -0.2) is 12.4 Å². The third-order valence-corrected chi connectivity index (χ3v) is 4.02. The number of hydrogen-bond acceptors (Lipinski definition) is 3. The van der Waals surface area contributed by atoms with Crippen molar-refractivity contribution in [1.29, 1.82) is 0 Å². The van der Waals surface area contributed by atoms with Crippen LogP contribution >= 0.6 is 11.3 Å². The number of urea groups is 1. The molecule has 4 nitrogen and oxygen atoms in total. The van der Waals surface area contributed by atoms with Crippen molar-refractivity contribution in [1.82, 2.24) is 0 Å². The molecule has 3 rings (SSSR count). The minimum absolute atomic E-state index is 0.189. The van der Waals surface area contributed by atoms with Crippen molar-refractivity contribution in [3.05, 3.63) is 53.9 Å². The minimum atomic E-state index is -4.78. The Morgan fingerprint density at radius 3 is 2.62 bits per heavy atom. The van der Waals surface area contributed by atoms with Crippen molar-refractivity contribution in [3.8, 4) is 5.75 Å². The van der Waals surface area contributed by atoms with E-state index in [2.05, 4.69) is 15.4 Å². The fourth-order valence-electron chi connectivity index (χ4n) is 2.13. The van der Waals surface area contributed by atoms with Crippen LogP contribution in [0.25, 0.3) is 10.1 Å². The molecule has 2 aromatic carbocycles. The first-order chi connectivity index (χ1) is 11.4. The van der Waals surface area contributed by atoms with Gasteiger partial charge in [-0.15, -0.1) is 24.5 Å². The normalized spacial score (nSPS) is 11.3. The zero-order chi connectivity index (χ0) is 17.2. The second-order valence-corrected chi connectivity index (χ2v) is 5.71. The predicted molar refractivity (Wildman–Crippen MR) is 87.6 cm³/mol. The summed E-state index contributed by atoms with van der Waals surface area (Å²) >= 11 is 1.48. The highest BCUT2D eigenvalue weighted by Crippen LogP contribution is 2.30. The molecule has 0 fully saturated rings. The van der Waals surface area contributed by atoms with Crippen LogP contribution in [0.3, 0.4) is 0 Å². The van der Waals surface area contributed by atoms with E-state index in [0.29, 0.717) is 5.69 Å². The second kappa shape index (κ2) is 6.40. The summed E-state index contributed by atoms with van der Waals surface area (Å²) in [7, 11) is 0. The quantitative estimate of drug-likeness (QED) is 0.659. The monoisotopic (exact) mass is 352 g/mol. The highest BCUT2D eigenvalue weighted by Gasteiger charge is 2.31. The fraction of sp³-hybridized carbons (Fsp3) is 0.0625. The van der Waals surface area contributed by atoms with Crippen molar-refractivity contribution in [2.24, 2.45) is 0 Å². The second-order valence-electron chi connectivity index (χ2n) is 4.80. The molecule has 0 unspecified atom stereocenters. The van der Waals surface area contributed by atoms with Gasteiger partial charge in [0.1, 0.15) is 5.75 Å². The molecule has 0 saturated carbocycles. The summed E-state index contributed by atoms with van der Waals surface area (Å²) in [6, 6.07) is 12.1. The molecule has 24 heavy (non-hydrogen) atoms. The molecule has 3 aromatic rings. The maximum absolute atomic E-state index is 12.2. The number of carbonyl (C=O) groups excluding carboxylic acids is 1. The molecule has 0 atom stereocenters. The Morgan fingerprint density at radius 2 is 1.83 bits per heavy atom. The number of carbonyl (C=O) groups is 1. The Labute approximate surface area is 138 Å². The molecular formula is C16H11F3N2O2S. The van der Waals surface area contributed by atoms with Gasteiger partial charge in [-0.2, -0.15) is 0 Å². The maximum Gasteiger partial charge on any atom is 0.573 e. The number of alkyl halides is 3. The van der Waals surface area contributed by atoms with Crippen LogP contribution in [0.5, 0.6) is 5.75 Å². The molecule has 0 spiro atoms. The van der Waals surface area contributed by atoms with Crippen LogP contribution in [0.4, 0.5) is 29.3 Å². The Bertz CT molecular complexity index is 877. The molecule has 0 aliphatic heterocycles. The van der Waals surface area contributed by atoms with Gasteiger partial charge in [0.25, 0.3) is 0 Å². The molecular weight excluding hydrogens is 341 g/mol. The lowest BCUT2D eigenvalue weighted by Gasteiger charge is -2.11. The van der Waals surface area contributed by atoms with Crippen LogP contribution in [0, 0.1) is 0 Å².